The van der Waals surface area contributed by atoms with E-state index in [9.17, 15) is 27.0 Å². The summed E-state index contributed by atoms with van der Waals surface area (Å²) in [4.78, 5) is 9.31. The number of rotatable bonds is 10. The van der Waals surface area contributed by atoms with Crippen LogP contribution in [-0.2, 0) is 33.3 Å². The van der Waals surface area contributed by atoms with E-state index in [0.29, 0.717) is 35.7 Å². The van der Waals surface area contributed by atoms with E-state index in [1.807, 2.05) is 147 Å². The number of sulfonamides is 2. The van der Waals surface area contributed by atoms with Crippen LogP contribution in [0.2, 0.25) is 0 Å². The van der Waals surface area contributed by atoms with Crippen LogP contribution >= 0.6 is 0 Å². The van der Waals surface area contributed by atoms with Crippen LogP contribution in [0.15, 0.2) is 126 Å². The minimum atomic E-state index is -3.58. The Bertz CT molecular complexity index is 2830. The average Bonchev–Trinajstić information content (AvgIpc) is 3.92. The predicted molar refractivity (Wildman–Crippen MR) is 249 cm³/mol. The maximum Gasteiger partial charge on any atom is 0.239 e. The Balaban J connectivity index is 0.000000189. The minimum absolute atomic E-state index is 0.145. The molecule has 63 heavy (non-hydrogen) atoms. The second-order valence-electron chi connectivity index (χ2n) is 16.3. The fourth-order valence-electron chi connectivity index (χ4n) is 8.25. The Hall–Kier alpha value is -5.48. The molecule has 0 aliphatic carbocycles. The summed E-state index contributed by atoms with van der Waals surface area (Å²) in [5.41, 5.74) is 9.51. The van der Waals surface area contributed by atoms with Gasteiger partial charge in [0.15, 0.2) is 0 Å². The fourth-order valence-corrected chi connectivity index (χ4v) is 12.0. The Labute approximate surface area is 371 Å². The van der Waals surface area contributed by atoms with E-state index in [1.165, 1.54) is 0 Å². The second kappa shape index (κ2) is 19.5. The normalized spacial score (nSPS) is 18.8. The summed E-state index contributed by atoms with van der Waals surface area (Å²) in [7, 11) is -7.15. The van der Waals surface area contributed by atoms with Gasteiger partial charge in [-0.15, -0.1) is 0 Å². The van der Waals surface area contributed by atoms with Crippen molar-refractivity contribution in [3.63, 3.8) is 0 Å². The van der Waals surface area contributed by atoms with E-state index in [2.05, 4.69) is 9.97 Å². The molecule has 6 aromatic rings. The summed E-state index contributed by atoms with van der Waals surface area (Å²) >= 11 is 0. The molecule has 4 aromatic carbocycles. The number of hydrogen-bond donors (Lipinski definition) is 2. The molecule has 330 valence electrons. The Morgan fingerprint density at radius 2 is 1.03 bits per heavy atom. The van der Waals surface area contributed by atoms with Crippen LogP contribution in [-0.4, -0.2) is 67.9 Å². The lowest BCUT2D eigenvalue weighted by Crippen LogP contribution is -2.38. The highest BCUT2D eigenvalue weighted by Gasteiger charge is 2.36. The van der Waals surface area contributed by atoms with Crippen molar-refractivity contribution in [1.29, 1.82) is 0 Å². The van der Waals surface area contributed by atoms with Crippen LogP contribution in [0.1, 0.15) is 102 Å². The number of aryl methyl sites for hydroxylation is 3. The molecule has 2 atom stereocenters. The van der Waals surface area contributed by atoms with Gasteiger partial charge in [0.1, 0.15) is 0 Å². The zero-order valence-corrected chi connectivity index (χ0v) is 38.1. The third kappa shape index (κ3) is 10.2. The SMILES string of the molecule is Cc1ccc(C(C)N2CCC/C(=C\c3ccc(-n4cnc(C)c4)c(CO)c3)S2(=O)=O)cc1.Cc1cn(-c2ccc(/C=C3\CCCN(C(C)c4ccccc4)S3(=O)=O)cc2CO)cn1. The number of benzene rings is 4. The largest absolute Gasteiger partial charge is 0.392 e. The monoisotopic (exact) mass is 888 g/mol. The van der Waals surface area contributed by atoms with E-state index in [-0.39, 0.29) is 25.3 Å². The van der Waals surface area contributed by atoms with Gasteiger partial charge in [0.25, 0.3) is 0 Å². The summed E-state index contributed by atoms with van der Waals surface area (Å²) in [6.07, 6.45) is 13.3. The fraction of sp³-hybridized carbons (Fsp3) is 0.306. The van der Waals surface area contributed by atoms with Crippen LogP contribution in [0.5, 0.6) is 0 Å². The summed E-state index contributed by atoms with van der Waals surface area (Å²) in [5.74, 6) is 0. The van der Waals surface area contributed by atoms with Crippen molar-refractivity contribution in [3.8, 4) is 11.4 Å². The number of hydrogen-bond acceptors (Lipinski definition) is 8. The number of aromatic nitrogens is 4. The molecule has 2 aliphatic rings. The lowest BCUT2D eigenvalue weighted by Gasteiger charge is -2.33. The number of nitrogens with zero attached hydrogens (tertiary/aromatic N) is 6. The number of aliphatic hydroxyl groups excluding tert-OH is 2. The topological polar surface area (TPSA) is 151 Å². The van der Waals surface area contributed by atoms with Crippen molar-refractivity contribution in [2.24, 2.45) is 0 Å². The van der Waals surface area contributed by atoms with Gasteiger partial charge < -0.3 is 19.3 Å². The van der Waals surface area contributed by atoms with E-state index in [4.69, 9.17) is 0 Å². The van der Waals surface area contributed by atoms with Crippen molar-refractivity contribution in [2.75, 3.05) is 13.1 Å². The quantitative estimate of drug-likeness (QED) is 0.139. The molecule has 0 amide bonds. The zero-order valence-electron chi connectivity index (χ0n) is 36.5. The third-order valence-electron chi connectivity index (χ3n) is 11.8. The van der Waals surface area contributed by atoms with Crippen LogP contribution in [0, 0.1) is 20.8 Å². The van der Waals surface area contributed by atoms with Crippen molar-refractivity contribution in [2.45, 2.75) is 85.6 Å². The van der Waals surface area contributed by atoms with Crippen LogP contribution in [0.4, 0.5) is 0 Å². The highest BCUT2D eigenvalue weighted by Crippen LogP contribution is 2.36. The molecule has 4 heterocycles. The Morgan fingerprint density at radius 1 is 0.603 bits per heavy atom. The molecule has 14 heteroatoms. The van der Waals surface area contributed by atoms with Gasteiger partial charge in [-0.25, -0.2) is 26.8 Å². The number of aliphatic hydroxyl groups is 2. The zero-order chi connectivity index (χ0) is 44.9. The van der Waals surface area contributed by atoms with E-state index in [1.54, 1.807) is 33.4 Å². The van der Waals surface area contributed by atoms with Crippen molar-refractivity contribution < 1.29 is 27.0 Å². The third-order valence-corrected chi connectivity index (χ3v) is 16.0. The molecule has 2 unspecified atom stereocenters. The maximum absolute atomic E-state index is 13.4. The molecule has 2 aromatic heterocycles. The van der Waals surface area contributed by atoms with E-state index < -0.39 is 20.0 Å². The Kier molecular flexibility index (Phi) is 14.1. The van der Waals surface area contributed by atoms with Gasteiger partial charge >= 0.3 is 0 Å². The molecular weight excluding hydrogens is 833 g/mol. The molecule has 8 rings (SSSR count). The Morgan fingerprint density at radius 3 is 1.43 bits per heavy atom. The lowest BCUT2D eigenvalue weighted by atomic mass is 10.1. The first-order valence-corrected chi connectivity index (χ1v) is 24.1. The van der Waals surface area contributed by atoms with Crippen LogP contribution in [0.3, 0.4) is 0 Å². The highest BCUT2D eigenvalue weighted by atomic mass is 32.2. The first-order chi connectivity index (χ1) is 30.2. The molecule has 2 fully saturated rings. The summed E-state index contributed by atoms with van der Waals surface area (Å²) < 4.78 is 60.5. The summed E-state index contributed by atoms with van der Waals surface area (Å²) in [6.45, 7) is 10.4. The van der Waals surface area contributed by atoms with Crippen molar-refractivity contribution in [1.82, 2.24) is 27.7 Å². The van der Waals surface area contributed by atoms with E-state index >= 15 is 0 Å². The summed E-state index contributed by atoms with van der Waals surface area (Å²) in [5, 5.41) is 19.8. The standard InChI is InChI=1S/C25H29N3O3S.C24H27N3O3S/c1-18-6-9-22(10-7-18)20(3)28-12-4-5-24(32(28,30)31)14-21-8-11-25(23(13-21)16-29)27-15-19(2)26-17-27;1-18-15-26(17-25-18)24-11-10-20(13-22(24)16-28)14-23-9-6-12-27(31(23,29)30)19(2)21-7-4-3-5-8-21/h6-11,13-15,17,20,29H,4-5,12,16H2,1-3H3;3-5,7-8,10-11,13-15,17,19,28H,6,9,12,16H2,1-2H3/b24-14+;23-14+. The first-order valence-electron chi connectivity index (χ1n) is 21.3. The smallest absolute Gasteiger partial charge is 0.239 e. The van der Waals surface area contributed by atoms with Gasteiger partial charge in [0, 0.05) is 48.7 Å². The average molecular weight is 889 g/mol. The lowest BCUT2D eigenvalue weighted by molar-refractivity contribution is 0.281. The van der Waals surface area contributed by atoms with Crippen LogP contribution in [0.25, 0.3) is 23.5 Å². The van der Waals surface area contributed by atoms with Gasteiger partial charge in [-0.1, -0.05) is 72.3 Å². The second-order valence-corrected chi connectivity index (χ2v) is 20.2. The van der Waals surface area contributed by atoms with Crippen molar-refractivity contribution in [3.05, 3.63) is 176 Å². The first kappa shape index (κ1) is 45.5. The molecule has 0 radical (unpaired) electrons. The van der Waals surface area contributed by atoms with Crippen molar-refractivity contribution >= 4 is 32.2 Å². The maximum atomic E-state index is 13.4. The predicted octanol–water partition coefficient (Wildman–Crippen LogP) is 8.71. The minimum Gasteiger partial charge on any atom is -0.392 e. The molecule has 0 spiro atoms. The molecular formula is C49H56N6O6S2. The van der Waals surface area contributed by atoms with Gasteiger partial charge in [-0.3, -0.25) is 0 Å². The van der Waals surface area contributed by atoms with Crippen LogP contribution < -0.4 is 0 Å². The number of imidazole rings is 2. The molecule has 2 aliphatic heterocycles. The van der Waals surface area contributed by atoms with Gasteiger partial charge in [-0.05, 0) is 119 Å². The summed E-state index contributed by atoms with van der Waals surface area (Å²) in [6, 6.07) is 28.5. The molecule has 0 saturated carbocycles. The van der Waals surface area contributed by atoms with Gasteiger partial charge in [-0.2, -0.15) is 8.61 Å². The molecule has 2 N–H and O–H groups in total. The molecule has 2 saturated heterocycles. The van der Waals surface area contributed by atoms with E-state index in [0.717, 1.165) is 74.5 Å². The highest BCUT2D eigenvalue weighted by molar-refractivity contribution is 7.93. The van der Waals surface area contributed by atoms with Gasteiger partial charge in [0.2, 0.25) is 20.0 Å². The number of allylic oxidation sites excluding steroid dienone is 2. The van der Waals surface area contributed by atoms with Gasteiger partial charge in [0.05, 0.1) is 58.4 Å². The molecule has 12 nitrogen and oxygen atoms in total. The molecule has 0 bridgehead atoms.